The van der Waals surface area contributed by atoms with Crippen LogP contribution in [0.15, 0.2) is 24.3 Å². The van der Waals surface area contributed by atoms with Crippen molar-refractivity contribution in [2.45, 2.75) is 115 Å². The molecule has 0 N–H and O–H groups in total. The zero-order chi connectivity index (χ0) is 28.1. The van der Waals surface area contributed by atoms with Gasteiger partial charge in [0.15, 0.2) is 0 Å². The second kappa shape index (κ2) is 10.0. The number of carbonyl (C=O) groups excluding carboxylic acids is 1. The summed E-state index contributed by atoms with van der Waals surface area (Å²) in [7, 11) is 0. The zero-order valence-electron chi connectivity index (χ0n) is 22.5. The van der Waals surface area contributed by atoms with Gasteiger partial charge in [0.2, 0.25) is 0 Å². The fraction of sp³-hybridized carbons (Fsp3) is 0.759. The van der Waals surface area contributed by atoms with Gasteiger partial charge < -0.3 is 9.47 Å². The highest BCUT2D eigenvalue weighted by Crippen LogP contribution is 2.66. The van der Waals surface area contributed by atoms with Gasteiger partial charge in [-0.3, -0.25) is 4.79 Å². The average Bonchev–Trinajstić information content (AvgIpc) is 2.79. The van der Waals surface area contributed by atoms with E-state index in [0.717, 1.165) is 31.2 Å². The number of ether oxygens (including phenoxy) is 2. The first kappa shape index (κ1) is 29.2. The summed E-state index contributed by atoms with van der Waals surface area (Å²) < 4.78 is 96.6. The van der Waals surface area contributed by atoms with E-state index in [2.05, 4.69) is 0 Å². The van der Waals surface area contributed by atoms with E-state index in [4.69, 9.17) is 9.47 Å². The summed E-state index contributed by atoms with van der Waals surface area (Å²) in [5.74, 6) is -0.418. The molecule has 4 aliphatic rings. The molecule has 0 amide bonds. The van der Waals surface area contributed by atoms with Crippen LogP contribution in [0.2, 0.25) is 0 Å². The van der Waals surface area contributed by atoms with Crippen molar-refractivity contribution in [3.63, 3.8) is 0 Å². The summed E-state index contributed by atoms with van der Waals surface area (Å²) in [4.78, 5) is 12.6. The fourth-order valence-corrected chi connectivity index (χ4v) is 7.50. The molecule has 9 heteroatoms. The quantitative estimate of drug-likeness (QED) is 0.229. The lowest BCUT2D eigenvalue weighted by Crippen LogP contribution is -2.67. The Labute approximate surface area is 220 Å². The summed E-state index contributed by atoms with van der Waals surface area (Å²) in [5.41, 5.74) is -5.68. The van der Waals surface area contributed by atoms with E-state index in [1.54, 1.807) is 12.1 Å². The summed E-state index contributed by atoms with van der Waals surface area (Å²) in [5, 5.41) is 0. The summed E-state index contributed by atoms with van der Waals surface area (Å²) in [6, 6.07) is 6.93. The van der Waals surface area contributed by atoms with E-state index >= 15 is 0 Å². The van der Waals surface area contributed by atoms with E-state index in [0.29, 0.717) is 48.5 Å². The second-order valence-electron chi connectivity index (χ2n) is 12.5. The maximum atomic E-state index is 14.4. The number of hydrogen-bond donors (Lipinski definition) is 0. The number of hydrogen-bond acceptors (Lipinski definition) is 3. The number of halogens is 6. The molecule has 1 aromatic rings. The minimum atomic E-state index is -5.87. The molecular formula is C29H38F6O3. The average molecular weight is 549 g/mol. The van der Waals surface area contributed by atoms with Gasteiger partial charge in [0.05, 0.1) is 12.0 Å². The molecule has 0 spiro atoms. The standard InChI is InChI=1S/C29H38F6O3/c1-5-18(2)23-8-6-19(7-9-23)17-37-24(36)16-27(28(30,31)32,29(33,34)35)38-25(3,4)26-13-20-10-21(14-26)12-22(11-20)15-26/h6-9,18,20-22H,5,10-17H2,1-4H3. The summed E-state index contributed by atoms with van der Waals surface area (Å²) >= 11 is 0. The minimum absolute atomic E-state index is 0.292. The lowest BCUT2D eigenvalue weighted by Gasteiger charge is -2.63. The molecule has 1 atom stereocenters. The van der Waals surface area contributed by atoms with Crippen molar-refractivity contribution >= 4 is 5.97 Å². The molecule has 0 aliphatic heterocycles. The van der Waals surface area contributed by atoms with Gasteiger partial charge in [-0.25, -0.2) is 0 Å². The molecule has 4 saturated carbocycles. The number of rotatable bonds is 9. The van der Waals surface area contributed by atoms with Crippen LogP contribution < -0.4 is 0 Å². The van der Waals surface area contributed by atoms with Gasteiger partial charge in [-0.2, -0.15) is 26.3 Å². The highest BCUT2D eigenvalue weighted by molar-refractivity contribution is 5.71. The molecule has 4 aliphatic carbocycles. The van der Waals surface area contributed by atoms with Crippen LogP contribution in [0, 0.1) is 23.2 Å². The maximum absolute atomic E-state index is 14.4. The Morgan fingerprint density at radius 1 is 0.921 bits per heavy atom. The van der Waals surface area contributed by atoms with Crippen LogP contribution in [0.25, 0.3) is 0 Å². The molecule has 214 valence electrons. The molecule has 0 heterocycles. The zero-order valence-corrected chi connectivity index (χ0v) is 22.5. The van der Waals surface area contributed by atoms with Crippen molar-refractivity contribution < 1.29 is 40.6 Å². The van der Waals surface area contributed by atoms with Crippen molar-refractivity contribution in [1.82, 2.24) is 0 Å². The molecule has 0 saturated heterocycles. The number of benzene rings is 1. The summed E-state index contributed by atoms with van der Waals surface area (Å²) in [6.07, 6.45) is -8.25. The van der Waals surface area contributed by atoms with Gasteiger partial charge in [0.1, 0.15) is 6.61 Å². The third kappa shape index (κ3) is 5.33. The van der Waals surface area contributed by atoms with Crippen LogP contribution in [0.5, 0.6) is 0 Å². The first-order chi connectivity index (χ1) is 17.5. The molecular weight excluding hydrogens is 510 g/mol. The Balaban J connectivity index is 1.55. The molecule has 38 heavy (non-hydrogen) atoms. The second-order valence-corrected chi connectivity index (χ2v) is 12.5. The highest BCUT2D eigenvalue weighted by Gasteiger charge is 2.76. The van der Waals surface area contributed by atoms with Crippen LogP contribution >= 0.6 is 0 Å². The van der Waals surface area contributed by atoms with Crippen LogP contribution in [-0.4, -0.2) is 29.5 Å². The highest BCUT2D eigenvalue weighted by atomic mass is 19.4. The molecule has 5 rings (SSSR count). The Morgan fingerprint density at radius 3 is 1.82 bits per heavy atom. The normalized spacial score (nSPS) is 28.4. The van der Waals surface area contributed by atoms with Crippen LogP contribution in [0.1, 0.15) is 96.1 Å². The molecule has 0 radical (unpaired) electrons. The van der Waals surface area contributed by atoms with E-state index < -0.39 is 48.0 Å². The Kier molecular flexibility index (Phi) is 7.69. The van der Waals surface area contributed by atoms with Crippen molar-refractivity contribution in [2.75, 3.05) is 0 Å². The van der Waals surface area contributed by atoms with Gasteiger partial charge in [-0.15, -0.1) is 0 Å². The largest absolute Gasteiger partial charge is 0.461 e. The number of carbonyl (C=O) groups is 1. The molecule has 1 unspecified atom stereocenters. The molecule has 4 bridgehead atoms. The number of esters is 1. The Bertz CT molecular complexity index is 946. The predicted octanol–water partition coefficient (Wildman–Crippen LogP) is 8.51. The Morgan fingerprint density at radius 2 is 1.39 bits per heavy atom. The predicted molar refractivity (Wildman–Crippen MR) is 130 cm³/mol. The Hall–Kier alpha value is -1.77. The van der Waals surface area contributed by atoms with Gasteiger partial charge >= 0.3 is 18.3 Å². The third-order valence-electron chi connectivity index (χ3n) is 9.61. The lowest BCUT2D eigenvalue weighted by atomic mass is 9.45. The lowest BCUT2D eigenvalue weighted by molar-refractivity contribution is -0.413. The monoisotopic (exact) mass is 548 g/mol. The molecule has 3 nitrogen and oxygen atoms in total. The third-order valence-corrected chi connectivity index (χ3v) is 9.61. The molecule has 1 aromatic carbocycles. The smallest absolute Gasteiger partial charge is 0.427 e. The van der Waals surface area contributed by atoms with Crippen LogP contribution in [0.3, 0.4) is 0 Å². The first-order valence-electron chi connectivity index (χ1n) is 13.6. The van der Waals surface area contributed by atoms with E-state index in [1.807, 2.05) is 26.0 Å². The SMILES string of the molecule is CCC(C)c1ccc(COC(=O)CC(OC(C)(C)C23CC4CC(CC(C4)C2)C3)(C(F)(F)F)C(F)(F)F)cc1. The van der Waals surface area contributed by atoms with Crippen molar-refractivity contribution in [1.29, 1.82) is 0 Å². The topological polar surface area (TPSA) is 35.5 Å². The minimum Gasteiger partial charge on any atom is -0.461 e. The van der Waals surface area contributed by atoms with Crippen LogP contribution in [-0.2, 0) is 20.9 Å². The van der Waals surface area contributed by atoms with Crippen molar-refractivity contribution in [2.24, 2.45) is 23.2 Å². The van der Waals surface area contributed by atoms with Gasteiger partial charge in [-0.05, 0) is 99.0 Å². The van der Waals surface area contributed by atoms with E-state index in [1.165, 1.54) is 13.8 Å². The fourth-order valence-electron chi connectivity index (χ4n) is 7.50. The van der Waals surface area contributed by atoms with Crippen molar-refractivity contribution in [3.05, 3.63) is 35.4 Å². The van der Waals surface area contributed by atoms with Crippen LogP contribution in [0.4, 0.5) is 26.3 Å². The van der Waals surface area contributed by atoms with E-state index in [-0.39, 0.29) is 0 Å². The maximum Gasteiger partial charge on any atom is 0.427 e. The first-order valence-corrected chi connectivity index (χ1v) is 13.6. The van der Waals surface area contributed by atoms with Gasteiger partial charge in [-0.1, -0.05) is 38.1 Å². The van der Waals surface area contributed by atoms with E-state index in [9.17, 15) is 31.1 Å². The van der Waals surface area contributed by atoms with Gasteiger partial charge in [0, 0.05) is 0 Å². The molecule has 0 aromatic heterocycles. The molecule has 4 fully saturated rings. The van der Waals surface area contributed by atoms with Gasteiger partial charge in [0.25, 0.3) is 5.60 Å². The summed E-state index contributed by atoms with van der Waals surface area (Å²) in [6.45, 7) is 6.32. The number of alkyl halides is 6. The van der Waals surface area contributed by atoms with Crippen molar-refractivity contribution in [3.8, 4) is 0 Å².